The van der Waals surface area contributed by atoms with Crippen molar-refractivity contribution in [3.05, 3.63) is 61.2 Å². The fraction of sp³-hybridized carbons (Fsp3) is 0.500. The van der Waals surface area contributed by atoms with Crippen molar-refractivity contribution >= 4 is 17.8 Å². The summed E-state index contributed by atoms with van der Waals surface area (Å²) in [4.78, 5) is 37.3. The molecule has 1 rings (SSSR count). The van der Waals surface area contributed by atoms with E-state index < -0.39 is 12.0 Å². The molecule has 1 aromatic carbocycles. The lowest BCUT2D eigenvalue weighted by Gasteiger charge is -2.23. The van der Waals surface area contributed by atoms with E-state index in [1.165, 1.54) is 0 Å². The van der Waals surface area contributed by atoms with Gasteiger partial charge in [-0.1, -0.05) is 42.5 Å². The molecule has 0 heterocycles. The van der Waals surface area contributed by atoms with E-state index in [2.05, 4.69) is 23.8 Å². The first-order valence-corrected chi connectivity index (χ1v) is 11.5. The maximum atomic E-state index is 13.0. The zero-order chi connectivity index (χ0) is 24.5. The third-order valence-corrected chi connectivity index (χ3v) is 5.09. The molecule has 1 aromatic rings. The van der Waals surface area contributed by atoms with Crippen LogP contribution in [0.15, 0.2) is 55.6 Å². The second-order valence-corrected chi connectivity index (χ2v) is 8.19. The summed E-state index contributed by atoms with van der Waals surface area (Å²) < 4.78 is 5.44. The van der Waals surface area contributed by atoms with Gasteiger partial charge in [0.15, 0.2) is 0 Å². The Morgan fingerprint density at radius 1 is 1.09 bits per heavy atom. The van der Waals surface area contributed by atoms with E-state index >= 15 is 0 Å². The van der Waals surface area contributed by atoms with Crippen LogP contribution in [0.3, 0.4) is 0 Å². The Labute approximate surface area is 197 Å². The normalized spacial score (nSPS) is 13.3. The van der Waals surface area contributed by atoms with Gasteiger partial charge in [-0.3, -0.25) is 14.4 Å². The van der Waals surface area contributed by atoms with Crippen molar-refractivity contribution in [2.24, 2.45) is 5.92 Å². The molecular formula is C26H38N2O5. The number of allylic oxidation sites excluding steroid dienone is 2. The van der Waals surface area contributed by atoms with Crippen LogP contribution < -0.4 is 10.6 Å². The number of carbonyl (C=O) groups excluding carboxylic acids is 3. The lowest BCUT2D eigenvalue weighted by atomic mass is 9.98. The molecule has 0 radical (unpaired) electrons. The summed E-state index contributed by atoms with van der Waals surface area (Å²) in [5.74, 6) is -1.53. The Bertz CT molecular complexity index is 750. The Hall–Kier alpha value is -2.93. The Morgan fingerprint density at radius 3 is 2.45 bits per heavy atom. The topological polar surface area (TPSA) is 105 Å². The average molecular weight is 459 g/mol. The smallest absolute Gasteiger partial charge is 0.305 e. The number of amides is 2. The molecular weight excluding hydrogens is 420 g/mol. The monoisotopic (exact) mass is 458 g/mol. The van der Waals surface area contributed by atoms with E-state index in [1.54, 1.807) is 13.0 Å². The highest BCUT2D eigenvalue weighted by Crippen LogP contribution is 2.12. The van der Waals surface area contributed by atoms with Crippen LogP contribution in [0.2, 0.25) is 0 Å². The van der Waals surface area contributed by atoms with Crippen molar-refractivity contribution in [1.82, 2.24) is 10.6 Å². The molecule has 0 bridgehead atoms. The van der Waals surface area contributed by atoms with Crippen molar-refractivity contribution < 1.29 is 24.2 Å². The molecule has 0 aliphatic carbocycles. The zero-order valence-corrected chi connectivity index (χ0v) is 19.6. The number of aliphatic hydroxyl groups excluding tert-OH is 1. The maximum Gasteiger partial charge on any atom is 0.305 e. The molecule has 33 heavy (non-hydrogen) atoms. The second kappa shape index (κ2) is 16.7. The number of ether oxygens (including phenoxy) is 1. The summed E-state index contributed by atoms with van der Waals surface area (Å²) >= 11 is 0. The van der Waals surface area contributed by atoms with Gasteiger partial charge in [-0.25, -0.2) is 0 Å². The molecule has 0 unspecified atom stereocenters. The Kier molecular flexibility index (Phi) is 14.2. The van der Waals surface area contributed by atoms with Crippen molar-refractivity contribution in [3.63, 3.8) is 0 Å². The number of aliphatic hydroxyl groups is 1. The highest BCUT2D eigenvalue weighted by molar-refractivity contribution is 5.86. The molecule has 3 atom stereocenters. The van der Waals surface area contributed by atoms with Crippen LogP contribution in [0, 0.1) is 5.92 Å². The number of benzene rings is 1. The van der Waals surface area contributed by atoms with Gasteiger partial charge in [-0.05, 0) is 44.6 Å². The molecule has 3 N–H and O–H groups in total. The first-order valence-electron chi connectivity index (χ1n) is 11.5. The van der Waals surface area contributed by atoms with E-state index in [1.807, 2.05) is 36.4 Å². The van der Waals surface area contributed by atoms with Crippen LogP contribution >= 0.6 is 0 Å². The van der Waals surface area contributed by atoms with E-state index in [0.717, 1.165) is 24.8 Å². The second-order valence-electron chi connectivity index (χ2n) is 8.19. The van der Waals surface area contributed by atoms with E-state index in [4.69, 9.17) is 9.84 Å². The molecule has 2 amide bonds. The fourth-order valence-corrected chi connectivity index (χ4v) is 3.28. The standard InChI is InChI=1S/C26H38N2O5/c1-4-6-7-11-15-25(31)33-19-23(16-21-13-9-8-10-14-21)28-26(32)22(12-5-2)17-24(30)27-20(3)18-29/h4-5,8-10,13-14,20,22-23,29H,1-2,6-7,11-12,15-19H2,3H3,(H,27,30)(H,28,32)/t20-,22-,23-/m1/s1. The van der Waals surface area contributed by atoms with Gasteiger partial charge >= 0.3 is 5.97 Å². The van der Waals surface area contributed by atoms with Crippen LogP contribution in [0.4, 0.5) is 0 Å². The van der Waals surface area contributed by atoms with E-state index in [0.29, 0.717) is 19.3 Å². The Balaban J connectivity index is 2.76. The number of carbonyl (C=O) groups is 3. The third-order valence-electron chi connectivity index (χ3n) is 5.09. The summed E-state index contributed by atoms with van der Waals surface area (Å²) in [6.45, 7) is 8.91. The minimum Gasteiger partial charge on any atom is -0.463 e. The fourth-order valence-electron chi connectivity index (χ4n) is 3.28. The minimum atomic E-state index is -0.610. The molecule has 7 heteroatoms. The van der Waals surface area contributed by atoms with Crippen molar-refractivity contribution in [2.75, 3.05) is 13.2 Å². The highest BCUT2D eigenvalue weighted by atomic mass is 16.5. The largest absolute Gasteiger partial charge is 0.463 e. The summed E-state index contributed by atoms with van der Waals surface area (Å²) in [5, 5.41) is 14.7. The molecule has 0 aromatic heterocycles. The lowest BCUT2D eigenvalue weighted by Crippen LogP contribution is -2.45. The molecule has 182 valence electrons. The predicted octanol–water partition coefficient (Wildman–Crippen LogP) is 3.08. The van der Waals surface area contributed by atoms with Gasteiger partial charge in [0.1, 0.15) is 6.61 Å². The van der Waals surface area contributed by atoms with Gasteiger partial charge in [0, 0.05) is 18.9 Å². The van der Waals surface area contributed by atoms with Gasteiger partial charge < -0.3 is 20.5 Å². The van der Waals surface area contributed by atoms with Crippen LogP contribution in [-0.2, 0) is 25.5 Å². The summed E-state index contributed by atoms with van der Waals surface area (Å²) in [6.07, 6.45) is 7.00. The zero-order valence-electron chi connectivity index (χ0n) is 19.6. The predicted molar refractivity (Wildman–Crippen MR) is 129 cm³/mol. The average Bonchev–Trinajstić information content (AvgIpc) is 2.80. The number of hydrogen-bond acceptors (Lipinski definition) is 5. The number of unbranched alkanes of at least 4 members (excludes halogenated alkanes) is 2. The molecule has 0 aliphatic rings. The van der Waals surface area contributed by atoms with E-state index in [9.17, 15) is 14.4 Å². The summed E-state index contributed by atoms with van der Waals surface area (Å²) in [5.41, 5.74) is 1.000. The number of nitrogens with one attached hydrogen (secondary N) is 2. The first-order chi connectivity index (χ1) is 15.9. The van der Waals surface area contributed by atoms with Crippen LogP contribution in [0.1, 0.15) is 51.0 Å². The van der Waals surface area contributed by atoms with Gasteiger partial charge in [0.05, 0.1) is 18.6 Å². The quantitative estimate of drug-likeness (QED) is 0.189. The van der Waals surface area contributed by atoms with Crippen LogP contribution in [0.25, 0.3) is 0 Å². The van der Waals surface area contributed by atoms with Crippen molar-refractivity contribution in [2.45, 2.75) is 64.0 Å². The van der Waals surface area contributed by atoms with Gasteiger partial charge in [0.25, 0.3) is 0 Å². The van der Waals surface area contributed by atoms with Gasteiger partial charge in [0.2, 0.25) is 11.8 Å². The molecule has 0 saturated heterocycles. The van der Waals surface area contributed by atoms with Crippen molar-refractivity contribution in [3.8, 4) is 0 Å². The number of hydrogen-bond donors (Lipinski definition) is 3. The van der Waals surface area contributed by atoms with Gasteiger partial charge in [-0.2, -0.15) is 0 Å². The number of esters is 1. The molecule has 0 aliphatic heterocycles. The van der Waals surface area contributed by atoms with Crippen molar-refractivity contribution in [1.29, 1.82) is 0 Å². The van der Waals surface area contributed by atoms with Crippen LogP contribution in [0.5, 0.6) is 0 Å². The van der Waals surface area contributed by atoms with Gasteiger partial charge in [-0.15, -0.1) is 13.2 Å². The summed E-state index contributed by atoms with van der Waals surface area (Å²) in [6, 6.07) is 8.81. The highest BCUT2D eigenvalue weighted by Gasteiger charge is 2.24. The molecule has 0 spiro atoms. The maximum absolute atomic E-state index is 13.0. The SMILES string of the molecule is C=CCCCCC(=O)OC[C@@H](Cc1ccccc1)NC(=O)[C@H](CC=C)CC(=O)N[C@H](C)CO. The Morgan fingerprint density at radius 2 is 1.82 bits per heavy atom. The first kappa shape index (κ1) is 28.1. The third kappa shape index (κ3) is 12.6. The summed E-state index contributed by atoms with van der Waals surface area (Å²) in [7, 11) is 0. The lowest BCUT2D eigenvalue weighted by molar-refractivity contribution is -0.145. The molecule has 7 nitrogen and oxygen atoms in total. The number of rotatable bonds is 17. The molecule has 0 fully saturated rings. The van der Waals surface area contributed by atoms with Crippen LogP contribution in [-0.4, -0.2) is 48.2 Å². The minimum absolute atomic E-state index is 0.0245. The van der Waals surface area contributed by atoms with E-state index in [-0.39, 0.29) is 43.5 Å². The molecule has 0 saturated carbocycles.